The van der Waals surface area contributed by atoms with Crippen molar-refractivity contribution in [3.8, 4) is 5.75 Å². The standard InChI is InChI=1S/C15H21N3O3/c1-8(2)11(7-16)15(20)17-10-4-5-13-12(6-10)18-14(19)9(3)21-13/h4-6,8-9,11H,7,16H2,1-3H3,(H,17,20)(H,18,19). The Labute approximate surface area is 124 Å². The fourth-order valence-corrected chi connectivity index (χ4v) is 2.20. The molecule has 0 aromatic heterocycles. The first-order chi connectivity index (χ1) is 9.92. The number of carbonyl (C=O) groups is 2. The van der Waals surface area contributed by atoms with E-state index in [9.17, 15) is 9.59 Å². The first kappa shape index (κ1) is 15.3. The molecule has 1 heterocycles. The molecule has 1 aliphatic heterocycles. The van der Waals surface area contributed by atoms with Crippen molar-refractivity contribution in [3.63, 3.8) is 0 Å². The van der Waals surface area contributed by atoms with E-state index in [-0.39, 0.29) is 23.7 Å². The molecule has 6 heteroatoms. The van der Waals surface area contributed by atoms with Crippen LogP contribution in [0, 0.1) is 11.8 Å². The highest BCUT2D eigenvalue weighted by atomic mass is 16.5. The van der Waals surface area contributed by atoms with E-state index in [0.717, 1.165) is 0 Å². The smallest absolute Gasteiger partial charge is 0.265 e. The zero-order chi connectivity index (χ0) is 15.6. The lowest BCUT2D eigenvalue weighted by Crippen LogP contribution is -2.35. The number of fused-ring (bicyclic) bond motifs is 1. The van der Waals surface area contributed by atoms with Crippen LogP contribution in [0.2, 0.25) is 0 Å². The molecule has 6 nitrogen and oxygen atoms in total. The maximum absolute atomic E-state index is 12.2. The minimum atomic E-state index is -0.513. The monoisotopic (exact) mass is 291 g/mol. The van der Waals surface area contributed by atoms with Crippen molar-refractivity contribution in [2.24, 2.45) is 17.6 Å². The number of nitrogens with one attached hydrogen (secondary N) is 2. The van der Waals surface area contributed by atoms with Gasteiger partial charge in [0.1, 0.15) is 5.75 Å². The topological polar surface area (TPSA) is 93.4 Å². The summed E-state index contributed by atoms with van der Waals surface area (Å²) in [5.74, 6) is 0.194. The van der Waals surface area contributed by atoms with Gasteiger partial charge in [0, 0.05) is 12.2 Å². The van der Waals surface area contributed by atoms with Crippen molar-refractivity contribution < 1.29 is 14.3 Å². The van der Waals surface area contributed by atoms with Crippen LogP contribution >= 0.6 is 0 Å². The molecule has 0 saturated carbocycles. The van der Waals surface area contributed by atoms with Crippen molar-refractivity contribution >= 4 is 23.2 Å². The molecule has 0 saturated heterocycles. The molecule has 2 rings (SSSR count). The molecular formula is C15H21N3O3. The van der Waals surface area contributed by atoms with E-state index in [1.807, 2.05) is 13.8 Å². The van der Waals surface area contributed by atoms with Crippen molar-refractivity contribution in [2.45, 2.75) is 26.9 Å². The highest BCUT2D eigenvalue weighted by Crippen LogP contribution is 2.32. The van der Waals surface area contributed by atoms with Gasteiger partial charge in [-0.1, -0.05) is 13.8 Å². The Morgan fingerprint density at radius 3 is 2.81 bits per heavy atom. The van der Waals surface area contributed by atoms with Crippen molar-refractivity contribution in [1.29, 1.82) is 0 Å². The molecule has 114 valence electrons. The molecule has 0 radical (unpaired) electrons. The lowest BCUT2D eigenvalue weighted by atomic mass is 9.95. The number of hydrogen-bond donors (Lipinski definition) is 3. The molecule has 0 bridgehead atoms. The zero-order valence-corrected chi connectivity index (χ0v) is 12.5. The number of ether oxygens (including phenoxy) is 1. The maximum Gasteiger partial charge on any atom is 0.265 e. The second-order valence-corrected chi connectivity index (χ2v) is 5.54. The van der Waals surface area contributed by atoms with E-state index >= 15 is 0 Å². The number of hydrogen-bond acceptors (Lipinski definition) is 4. The van der Waals surface area contributed by atoms with Gasteiger partial charge in [-0.25, -0.2) is 0 Å². The van der Waals surface area contributed by atoms with E-state index in [4.69, 9.17) is 10.5 Å². The SMILES string of the molecule is CC1Oc2ccc(NC(=O)C(CN)C(C)C)cc2NC1=O. The summed E-state index contributed by atoms with van der Waals surface area (Å²) >= 11 is 0. The number of amides is 2. The molecule has 1 aromatic rings. The van der Waals surface area contributed by atoms with Crippen molar-refractivity contribution in [3.05, 3.63) is 18.2 Å². The van der Waals surface area contributed by atoms with E-state index in [1.54, 1.807) is 25.1 Å². The molecule has 2 unspecified atom stereocenters. The molecule has 4 N–H and O–H groups in total. The maximum atomic E-state index is 12.2. The highest BCUT2D eigenvalue weighted by molar-refractivity contribution is 5.99. The lowest BCUT2D eigenvalue weighted by molar-refractivity contribution is -0.122. The van der Waals surface area contributed by atoms with E-state index < -0.39 is 6.10 Å². The van der Waals surface area contributed by atoms with Crippen LogP contribution in [0.5, 0.6) is 5.75 Å². The minimum absolute atomic E-state index is 0.121. The zero-order valence-electron chi connectivity index (χ0n) is 12.5. The molecule has 21 heavy (non-hydrogen) atoms. The molecule has 0 spiro atoms. The highest BCUT2D eigenvalue weighted by Gasteiger charge is 2.25. The van der Waals surface area contributed by atoms with Crippen molar-refractivity contribution in [1.82, 2.24) is 0 Å². The van der Waals surface area contributed by atoms with Crippen LogP contribution in [-0.2, 0) is 9.59 Å². The summed E-state index contributed by atoms with van der Waals surface area (Å²) in [6.45, 7) is 5.90. The number of anilines is 2. The Bertz CT molecular complexity index is 557. The van der Waals surface area contributed by atoms with E-state index in [0.29, 0.717) is 23.7 Å². The predicted octanol–water partition coefficient (Wildman–Crippen LogP) is 1.58. The van der Waals surface area contributed by atoms with Gasteiger partial charge in [-0.3, -0.25) is 9.59 Å². The fourth-order valence-electron chi connectivity index (χ4n) is 2.20. The lowest BCUT2D eigenvalue weighted by Gasteiger charge is -2.24. The van der Waals surface area contributed by atoms with Crippen LogP contribution in [-0.4, -0.2) is 24.5 Å². The quantitative estimate of drug-likeness (QED) is 0.785. The summed E-state index contributed by atoms with van der Waals surface area (Å²) in [4.78, 5) is 23.8. The average molecular weight is 291 g/mol. The van der Waals surface area contributed by atoms with Crippen LogP contribution < -0.4 is 21.1 Å². The van der Waals surface area contributed by atoms with Crippen LogP contribution in [0.1, 0.15) is 20.8 Å². The normalized spacial score (nSPS) is 18.5. The Kier molecular flexibility index (Phi) is 4.47. The molecule has 2 amide bonds. The average Bonchev–Trinajstić information content (AvgIpc) is 2.40. The van der Waals surface area contributed by atoms with Gasteiger partial charge in [-0.15, -0.1) is 0 Å². The van der Waals surface area contributed by atoms with Crippen LogP contribution in [0.4, 0.5) is 11.4 Å². The Morgan fingerprint density at radius 1 is 1.48 bits per heavy atom. The Hall–Kier alpha value is -2.08. The summed E-state index contributed by atoms with van der Waals surface area (Å²) in [5.41, 5.74) is 6.80. The van der Waals surface area contributed by atoms with Gasteiger partial charge in [0.25, 0.3) is 5.91 Å². The van der Waals surface area contributed by atoms with Crippen LogP contribution in [0.25, 0.3) is 0 Å². The summed E-state index contributed by atoms with van der Waals surface area (Å²) < 4.78 is 5.47. The fraction of sp³-hybridized carbons (Fsp3) is 0.467. The van der Waals surface area contributed by atoms with Crippen molar-refractivity contribution in [2.75, 3.05) is 17.2 Å². The molecule has 2 atom stereocenters. The second kappa shape index (κ2) is 6.13. The minimum Gasteiger partial charge on any atom is -0.479 e. The third kappa shape index (κ3) is 3.33. The van der Waals surface area contributed by atoms with E-state index in [1.165, 1.54) is 0 Å². The Morgan fingerprint density at radius 2 is 2.19 bits per heavy atom. The molecular weight excluding hydrogens is 270 g/mol. The largest absolute Gasteiger partial charge is 0.479 e. The van der Waals surface area contributed by atoms with Crippen LogP contribution in [0.3, 0.4) is 0 Å². The summed E-state index contributed by atoms with van der Waals surface area (Å²) in [6, 6.07) is 5.16. The summed E-state index contributed by atoms with van der Waals surface area (Å²) in [6.07, 6.45) is -0.513. The number of nitrogens with two attached hydrogens (primary N) is 1. The first-order valence-corrected chi connectivity index (χ1v) is 7.05. The molecule has 1 aliphatic rings. The number of carbonyl (C=O) groups excluding carboxylic acids is 2. The van der Waals surface area contributed by atoms with Gasteiger partial charge in [-0.05, 0) is 31.0 Å². The molecule has 1 aromatic carbocycles. The van der Waals surface area contributed by atoms with Gasteiger partial charge in [0.2, 0.25) is 5.91 Å². The number of rotatable bonds is 4. The van der Waals surface area contributed by atoms with E-state index in [2.05, 4.69) is 10.6 Å². The van der Waals surface area contributed by atoms with Gasteiger partial charge in [0.15, 0.2) is 6.10 Å². The second-order valence-electron chi connectivity index (χ2n) is 5.54. The van der Waals surface area contributed by atoms with Gasteiger partial charge in [-0.2, -0.15) is 0 Å². The summed E-state index contributed by atoms with van der Waals surface area (Å²) in [7, 11) is 0. The third-order valence-corrected chi connectivity index (χ3v) is 3.57. The first-order valence-electron chi connectivity index (χ1n) is 7.05. The molecule has 0 fully saturated rings. The predicted molar refractivity (Wildman–Crippen MR) is 81.2 cm³/mol. The van der Waals surface area contributed by atoms with Gasteiger partial charge < -0.3 is 21.1 Å². The van der Waals surface area contributed by atoms with Gasteiger partial charge in [0.05, 0.1) is 11.6 Å². The third-order valence-electron chi connectivity index (χ3n) is 3.57. The van der Waals surface area contributed by atoms with Crippen LogP contribution in [0.15, 0.2) is 18.2 Å². The number of benzene rings is 1. The van der Waals surface area contributed by atoms with Gasteiger partial charge >= 0.3 is 0 Å². The summed E-state index contributed by atoms with van der Waals surface area (Å²) in [5, 5.41) is 5.57. The Balaban J connectivity index is 2.14. The molecule has 0 aliphatic carbocycles.